The number of hydrogen-bond acceptors (Lipinski definition) is 6. The summed E-state index contributed by atoms with van der Waals surface area (Å²) in [5.41, 5.74) is 0.892. The Bertz CT molecular complexity index is 559. The van der Waals surface area contributed by atoms with Gasteiger partial charge in [0.25, 0.3) is 0 Å². The van der Waals surface area contributed by atoms with Crippen LogP contribution >= 0.6 is 11.8 Å². The average molecular weight is 292 g/mol. The van der Waals surface area contributed by atoms with E-state index >= 15 is 0 Å². The molecule has 0 saturated heterocycles. The van der Waals surface area contributed by atoms with Gasteiger partial charge >= 0.3 is 5.97 Å². The van der Waals surface area contributed by atoms with Crippen LogP contribution in [0.1, 0.15) is 13.8 Å². The summed E-state index contributed by atoms with van der Waals surface area (Å²) in [5.74, 6) is 0.186. The lowest BCUT2D eigenvalue weighted by Gasteiger charge is -2.09. The van der Waals surface area contributed by atoms with Gasteiger partial charge in [-0.1, -0.05) is 36.9 Å². The number of para-hydroxylation sites is 1. The smallest absolute Gasteiger partial charge is 0.309 e. The minimum Gasteiger partial charge on any atom is -0.466 e. The number of benzene rings is 1. The van der Waals surface area contributed by atoms with Gasteiger partial charge in [-0.3, -0.25) is 4.79 Å². The Labute approximate surface area is 121 Å². The minimum atomic E-state index is -0.196. The molecular formula is C13H16N4O2S. The van der Waals surface area contributed by atoms with Crippen molar-refractivity contribution >= 4 is 17.7 Å². The van der Waals surface area contributed by atoms with Crippen molar-refractivity contribution < 1.29 is 9.53 Å². The van der Waals surface area contributed by atoms with Crippen molar-refractivity contribution in [1.29, 1.82) is 0 Å². The van der Waals surface area contributed by atoms with Crippen molar-refractivity contribution in [3.63, 3.8) is 0 Å². The van der Waals surface area contributed by atoms with Crippen molar-refractivity contribution in [2.24, 2.45) is 5.92 Å². The largest absolute Gasteiger partial charge is 0.466 e. The fourth-order valence-electron chi connectivity index (χ4n) is 1.55. The molecule has 0 aliphatic rings. The predicted molar refractivity (Wildman–Crippen MR) is 75.7 cm³/mol. The Morgan fingerprint density at radius 2 is 2.15 bits per heavy atom. The number of rotatable bonds is 6. The highest BCUT2D eigenvalue weighted by molar-refractivity contribution is 7.99. The molecule has 1 unspecified atom stereocenters. The molecule has 0 N–H and O–H groups in total. The molecule has 1 aromatic carbocycles. The number of ether oxygens (including phenoxy) is 1. The molecule has 0 radical (unpaired) electrons. The van der Waals surface area contributed by atoms with Crippen LogP contribution in [0, 0.1) is 5.92 Å². The first-order valence-corrected chi connectivity index (χ1v) is 7.34. The van der Waals surface area contributed by atoms with Gasteiger partial charge in [0.1, 0.15) is 0 Å². The van der Waals surface area contributed by atoms with E-state index < -0.39 is 0 Å². The highest BCUT2D eigenvalue weighted by Crippen LogP contribution is 2.20. The van der Waals surface area contributed by atoms with E-state index in [1.165, 1.54) is 11.8 Å². The van der Waals surface area contributed by atoms with Crippen LogP contribution in [-0.4, -0.2) is 38.5 Å². The van der Waals surface area contributed by atoms with Crippen LogP contribution in [0.4, 0.5) is 0 Å². The summed E-state index contributed by atoms with van der Waals surface area (Å²) in [5, 5.41) is 12.3. The Morgan fingerprint density at radius 1 is 1.40 bits per heavy atom. The lowest BCUT2D eigenvalue weighted by atomic mass is 10.2. The molecule has 6 nitrogen and oxygen atoms in total. The van der Waals surface area contributed by atoms with Crippen LogP contribution in [0.3, 0.4) is 0 Å². The summed E-state index contributed by atoms with van der Waals surface area (Å²) in [4.78, 5) is 11.6. The van der Waals surface area contributed by atoms with Gasteiger partial charge in [-0.25, -0.2) is 0 Å². The SMILES string of the molecule is CCOC(=O)C(C)CSc1nnnn1-c1ccccc1. The number of carbonyl (C=O) groups excluding carboxylic acids is 1. The molecular weight excluding hydrogens is 276 g/mol. The van der Waals surface area contributed by atoms with Gasteiger partial charge in [0, 0.05) is 5.75 Å². The molecule has 2 rings (SSSR count). The monoisotopic (exact) mass is 292 g/mol. The highest BCUT2D eigenvalue weighted by atomic mass is 32.2. The van der Waals surface area contributed by atoms with Crippen molar-refractivity contribution in [2.45, 2.75) is 19.0 Å². The molecule has 1 heterocycles. The number of hydrogen-bond donors (Lipinski definition) is 0. The Hall–Kier alpha value is -1.89. The maximum atomic E-state index is 11.6. The Kier molecular flexibility index (Phi) is 5.11. The first kappa shape index (κ1) is 14.5. The Morgan fingerprint density at radius 3 is 2.85 bits per heavy atom. The van der Waals surface area contributed by atoms with Gasteiger partial charge in [0.15, 0.2) is 0 Å². The molecule has 0 aliphatic heterocycles. The maximum Gasteiger partial charge on any atom is 0.309 e. The zero-order chi connectivity index (χ0) is 14.4. The van der Waals surface area contributed by atoms with Crippen molar-refractivity contribution in [3.05, 3.63) is 30.3 Å². The summed E-state index contributed by atoms with van der Waals surface area (Å²) < 4.78 is 6.63. The molecule has 2 aromatic rings. The molecule has 1 atom stereocenters. The van der Waals surface area contributed by atoms with E-state index in [-0.39, 0.29) is 11.9 Å². The molecule has 0 saturated carbocycles. The van der Waals surface area contributed by atoms with E-state index in [0.29, 0.717) is 17.5 Å². The predicted octanol–water partition coefficient (Wildman–Crippen LogP) is 1.95. The zero-order valence-electron chi connectivity index (χ0n) is 11.4. The first-order chi connectivity index (χ1) is 9.72. The van der Waals surface area contributed by atoms with Crippen molar-refractivity contribution in [1.82, 2.24) is 20.2 Å². The lowest BCUT2D eigenvalue weighted by Crippen LogP contribution is -2.17. The van der Waals surface area contributed by atoms with Crippen molar-refractivity contribution in [2.75, 3.05) is 12.4 Å². The molecule has 20 heavy (non-hydrogen) atoms. The third kappa shape index (κ3) is 3.57. The second-order valence-corrected chi connectivity index (χ2v) is 5.16. The molecule has 7 heteroatoms. The summed E-state index contributed by atoms with van der Waals surface area (Å²) in [6, 6.07) is 9.63. The van der Waals surface area contributed by atoms with E-state index in [4.69, 9.17) is 4.74 Å². The highest BCUT2D eigenvalue weighted by Gasteiger charge is 2.17. The van der Waals surface area contributed by atoms with E-state index in [0.717, 1.165) is 5.69 Å². The third-order valence-corrected chi connectivity index (χ3v) is 3.77. The standard InChI is InChI=1S/C13H16N4O2S/c1-3-19-12(18)10(2)9-20-13-14-15-16-17(13)11-7-5-4-6-8-11/h4-8,10H,3,9H2,1-2H3. The number of nitrogens with zero attached hydrogens (tertiary/aromatic N) is 4. The van der Waals surface area contributed by atoms with Gasteiger partial charge < -0.3 is 4.74 Å². The summed E-state index contributed by atoms with van der Waals surface area (Å²) in [6.07, 6.45) is 0. The maximum absolute atomic E-state index is 11.6. The lowest BCUT2D eigenvalue weighted by molar-refractivity contribution is -0.146. The topological polar surface area (TPSA) is 69.9 Å². The summed E-state index contributed by atoms with van der Waals surface area (Å²) >= 11 is 1.44. The normalized spacial score (nSPS) is 12.1. The number of thioether (sulfide) groups is 1. The molecule has 0 bridgehead atoms. The summed E-state index contributed by atoms with van der Waals surface area (Å²) in [6.45, 7) is 4.03. The van der Waals surface area contributed by atoms with Gasteiger partial charge in [-0.2, -0.15) is 4.68 Å². The number of esters is 1. The second kappa shape index (κ2) is 7.04. The van der Waals surface area contributed by atoms with Crippen LogP contribution < -0.4 is 0 Å². The quantitative estimate of drug-likeness (QED) is 0.599. The van der Waals surface area contributed by atoms with Crippen LogP contribution in [0.15, 0.2) is 35.5 Å². The molecule has 106 valence electrons. The molecule has 0 aliphatic carbocycles. The van der Waals surface area contributed by atoms with Gasteiger partial charge in [-0.05, 0) is 29.5 Å². The second-order valence-electron chi connectivity index (χ2n) is 4.17. The molecule has 0 amide bonds. The fourth-order valence-corrected chi connectivity index (χ4v) is 2.45. The third-order valence-electron chi connectivity index (χ3n) is 2.59. The van der Waals surface area contributed by atoms with Gasteiger partial charge in [0.05, 0.1) is 18.2 Å². The molecule has 1 aromatic heterocycles. The van der Waals surface area contributed by atoms with Crippen LogP contribution in [-0.2, 0) is 9.53 Å². The van der Waals surface area contributed by atoms with Gasteiger partial charge in [-0.15, -0.1) is 5.10 Å². The molecule has 0 fully saturated rings. The van der Waals surface area contributed by atoms with Crippen LogP contribution in [0.25, 0.3) is 5.69 Å². The number of tetrazole rings is 1. The first-order valence-electron chi connectivity index (χ1n) is 6.35. The van der Waals surface area contributed by atoms with Gasteiger partial charge in [0.2, 0.25) is 5.16 Å². The average Bonchev–Trinajstić information content (AvgIpc) is 2.94. The Balaban J connectivity index is 2.01. The van der Waals surface area contributed by atoms with Crippen LogP contribution in [0.5, 0.6) is 0 Å². The summed E-state index contributed by atoms with van der Waals surface area (Å²) in [7, 11) is 0. The zero-order valence-corrected chi connectivity index (χ0v) is 12.2. The van der Waals surface area contributed by atoms with E-state index in [9.17, 15) is 4.79 Å². The molecule has 0 spiro atoms. The van der Waals surface area contributed by atoms with E-state index in [1.807, 2.05) is 37.3 Å². The van der Waals surface area contributed by atoms with E-state index in [2.05, 4.69) is 15.5 Å². The van der Waals surface area contributed by atoms with Crippen LogP contribution in [0.2, 0.25) is 0 Å². The fraction of sp³-hybridized carbons (Fsp3) is 0.385. The minimum absolute atomic E-state index is 0.194. The number of aromatic nitrogens is 4. The van der Waals surface area contributed by atoms with E-state index in [1.54, 1.807) is 11.6 Å². The number of carbonyl (C=O) groups is 1. The van der Waals surface area contributed by atoms with Crippen molar-refractivity contribution in [3.8, 4) is 5.69 Å².